The van der Waals surface area contributed by atoms with Crippen molar-refractivity contribution in [1.82, 2.24) is 5.32 Å². The molecule has 104 valence electrons. The molecule has 19 heavy (non-hydrogen) atoms. The minimum atomic E-state index is -2.43. The number of alkyl halides is 2. The topological polar surface area (TPSA) is 29.1 Å². The van der Waals surface area contributed by atoms with Crippen LogP contribution >= 0.6 is 11.8 Å². The zero-order valence-electron chi connectivity index (χ0n) is 10.6. The van der Waals surface area contributed by atoms with Crippen LogP contribution in [-0.4, -0.2) is 17.7 Å². The Labute approximate surface area is 116 Å². The van der Waals surface area contributed by atoms with Crippen molar-refractivity contribution in [2.45, 2.75) is 48.8 Å². The van der Waals surface area contributed by atoms with E-state index in [-0.39, 0.29) is 11.9 Å². The Bertz CT molecular complexity index is 416. The highest BCUT2D eigenvalue weighted by molar-refractivity contribution is 7.99. The van der Waals surface area contributed by atoms with Gasteiger partial charge in [-0.3, -0.25) is 4.79 Å². The van der Waals surface area contributed by atoms with Crippen LogP contribution in [0.5, 0.6) is 0 Å². The van der Waals surface area contributed by atoms with Gasteiger partial charge in [0.1, 0.15) is 0 Å². The van der Waals surface area contributed by atoms with Gasteiger partial charge in [-0.2, -0.15) is 8.78 Å². The van der Waals surface area contributed by atoms with Gasteiger partial charge in [0.15, 0.2) is 0 Å². The number of rotatable bonds is 4. The molecule has 1 fully saturated rings. The standard InChI is InChI=1S/C14H17F2NOS/c15-14(16)19-12-8-6-10(7-9-12)13(18)17-11-4-2-1-3-5-11/h6-9,11,14H,1-5H2,(H,17,18). The lowest BCUT2D eigenvalue weighted by atomic mass is 9.95. The predicted molar refractivity (Wildman–Crippen MR) is 72.6 cm³/mol. The van der Waals surface area contributed by atoms with Crippen LogP contribution in [0.2, 0.25) is 0 Å². The van der Waals surface area contributed by atoms with Gasteiger partial charge in [-0.05, 0) is 37.1 Å². The predicted octanol–water partition coefficient (Wildman–Crippen LogP) is 4.06. The molecule has 1 aromatic carbocycles. The first-order valence-electron chi connectivity index (χ1n) is 6.51. The molecule has 0 heterocycles. The van der Waals surface area contributed by atoms with E-state index in [1.54, 1.807) is 24.3 Å². The Morgan fingerprint density at radius 1 is 1.16 bits per heavy atom. The molecular weight excluding hydrogens is 268 g/mol. The normalized spacial score (nSPS) is 16.6. The minimum absolute atomic E-state index is 0.111. The molecule has 0 atom stereocenters. The summed E-state index contributed by atoms with van der Waals surface area (Å²) < 4.78 is 24.3. The van der Waals surface area contributed by atoms with E-state index in [0.29, 0.717) is 22.2 Å². The van der Waals surface area contributed by atoms with Crippen LogP contribution in [0, 0.1) is 0 Å². The molecule has 1 saturated carbocycles. The van der Waals surface area contributed by atoms with E-state index < -0.39 is 5.76 Å². The number of hydrogen-bond acceptors (Lipinski definition) is 2. The van der Waals surface area contributed by atoms with Crippen molar-refractivity contribution in [3.8, 4) is 0 Å². The fourth-order valence-electron chi connectivity index (χ4n) is 2.30. The summed E-state index contributed by atoms with van der Waals surface area (Å²) in [5, 5.41) is 3.00. The summed E-state index contributed by atoms with van der Waals surface area (Å²) in [5.74, 6) is -2.54. The summed E-state index contributed by atoms with van der Waals surface area (Å²) in [5.41, 5.74) is 0.532. The largest absolute Gasteiger partial charge is 0.349 e. The highest BCUT2D eigenvalue weighted by Crippen LogP contribution is 2.25. The maximum Gasteiger partial charge on any atom is 0.288 e. The van der Waals surface area contributed by atoms with Gasteiger partial charge in [0.2, 0.25) is 0 Å². The Morgan fingerprint density at radius 2 is 1.79 bits per heavy atom. The summed E-state index contributed by atoms with van der Waals surface area (Å²) >= 11 is 0.489. The van der Waals surface area contributed by atoms with Crippen molar-refractivity contribution >= 4 is 17.7 Å². The van der Waals surface area contributed by atoms with Crippen LogP contribution < -0.4 is 5.32 Å². The molecule has 1 aliphatic rings. The molecule has 0 aliphatic heterocycles. The molecule has 2 nitrogen and oxygen atoms in total. The Morgan fingerprint density at radius 3 is 2.37 bits per heavy atom. The molecule has 0 unspecified atom stereocenters. The second-order valence-corrected chi connectivity index (χ2v) is 5.77. The molecule has 0 radical (unpaired) electrons. The van der Waals surface area contributed by atoms with E-state index in [4.69, 9.17) is 0 Å². The molecule has 5 heteroatoms. The minimum Gasteiger partial charge on any atom is -0.349 e. The average Bonchev–Trinajstić information content (AvgIpc) is 2.40. The first-order valence-corrected chi connectivity index (χ1v) is 7.39. The van der Waals surface area contributed by atoms with E-state index in [1.807, 2.05) is 0 Å². The summed E-state index contributed by atoms with van der Waals surface area (Å²) in [6.07, 6.45) is 5.63. The zero-order chi connectivity index (χ0) is 13.7. The summed E-state index contributed by atoms with van der Waals surface area (Å²) in [6, 6.07) is 6.58. The van der Waals surface area contributed by atoms with Gasteiger partial charge in [0, 0.05) is 16.5 Å². The molecular formula is C14H17F2NOS. The number of nitrogens with one attached hydrogen (secondary N) is 1. The number of halogens is 2. The number of carbonyl (C=O) groups excluding carboxylic acids is 1. The molecule has 1 aliphatic carbocycles. The van der Waals surface area contributed by atoms with Crippen LogP contribution in [0.4, 0.5) is 8.78 Å². The number of benzene rings is 1. The van der Waals surface area contributed by atoms with Gasteiger partial charge >= 0.3 is 0 Å². The third-order valence-electron chi connectivity index (χ3n) is 3.28. The van der Waals surface area contributed by atoms with E-state index in [9.17, 15) is 13.6 Å². The van der Waals surface area contributed by atoms with Crippen LogP contribution in [0.15, 0.2) is 29.2 Å². The van der Waals surface area contributed by atoms with E-state index in [0.717, 1.165) is 25.7 Å². The smallest absolute Gasteiger partial charge is 0.288 e. The SMILES string of the molecule is O=C(NC1CCCCC1)c1ccc(SC(F)F)cc1. The maximum atomic E-state index is 12.2. The zero-order valence-corrected chi connectivity index (χ0v) is 11.4. The molecule has 0 spiro atoms. The quantitative estimate of drug-likeness (QED) is 0.845. The summed E-state index contributed by atoms with van der Waals surface area (Å²) in [4.78, 5) is 12.5. The summed E-state index contributed by atoms with van der Waals surface area (Å²) in [6.45, 7) is 0. The van der Waals surface area contributed by atoms with Gasteiger partial charge in [0.25, 0.3) is 11.7 Å². The van der Waals surface area contributed by atoms with Crippen LogP contribution in [0.3, 0.4) is 0 Å². The van der Waals surface area contributed by atoms with Gasteiger partial charge in [-0.1, -0.05) is 31.0 Å². The van der Waals surface area contributed by atoms with Crippen molar-refractivity contribution in [3.63, 3.8) is 0 Å². The van der Waals surface area contributed by atoms with Crippen molar-refractivity contribution in [1.29, 1.82) is 0 Å². The second kappa shape index (κ2) is 6.89. The van der Waals surface area contributed by atoms with E-state index >= 15 is 0 Å². The van der Waals surface area contributed by atoms with Crippen LogP contribution in [-0.2, 0) is 0 Å². The fraction of sp³-hybridized carbons (Fsp3) is 0.500. The number of thioether (sulfide) groups is 1. The average molecular weight is 285 g/mol. The Balaban J connectivity index is 1.91. The Kier molecular flexibility index (Phi) is 5.19. The number of hydrogen-bond donors (Lipinski definition) is 1. The number of amides is 1. The number of carbonyl (C=O) groups is 1. The lowest BCUT2D eigenvalue weighted by Gasteiger charge is -2.22. The first-order chi connectivity index (χ1) is 9.15. The Hall–Kier alpha value is -1.10. The molecule has 2 rings (SSSR count). The van der Waals surface area contributed by atoms with Gasteiger partial charge in [-0.15, -0.1) is 0 Å². The molecule has 0 bridgehead atoms. The highest BCUT2D eigenvalue weighted by atomic mass is 32.2. The molecule has 1 aromatic rings. The van der Waals surface area contributed by atoms with Gasteiger partial charge < -0.3 is 5.32 Å². The van der Waals surface area contributed by atoms with Crippen LogP contribution in [0.25, 0.3) is 0 Å². The monoisotopic (exact) mass is 285 g/mol. The molecule has 0 saturated heterocycles. The van der Waals surface area contributed by atoms with Gasteiger partial charge in [0.05, 0.1) is 0 Å². The third kappa shape index (κ3) is 4.49. The van der Waals surface area contributed by atoms with Crippen molar-refractivity contribution in [2.24, 2.45) is 0 Å². The van der Waals surface area contributed by atoms with Crippen molar-refractivity contribution < 1.29 is 13.6 Å². The lowest BCUT2D eigenvalue weighted by molar-refractivity contribution is 0.0927. The highest BCUT2D eigenvalue weighted by Gasteiger charge is 2.16. The van der Waals surface area contributed by atoms with Crippen LogP contribution in [0.1, 0.15) is 42.5 Å². The lowest BCUT2D eigenvalue weighted by Crippen LogP contribution is -2.36. The van der Waals surface area contributed by atoms with E-state index in [2.05, 4.69) is 5.32 Å². The fourth-order valence-corrected chi connectivity index (χ4v) is 2.80. The molecule has 0 aromatic heterocycles. The van der Waals surface area contributed by atoms with Crippen molar-refractivity contribution in [3.05, 3.63) is 29.8 Å². The van der Waals surface area contributed by atoms with Crippen molar-refractivity contribution in [2.75, 3.05) is 0 Å². The maximum absolute atomic E-state index is 12.2. The third-order valence-corrected chi connectivity index (χ3v) is 4.00. The first kappa shape index (κ1) is 14.3. The van der Waals surface area contributed by atoms with Gasteiger partial charge in [-0.25, -0.2) is 0 Å². The molecule has 1 amide bonds. The van der Waals surface area contributed by atoms with E-state index in [1.165, 1.54) is 6.42 Å². The molecule has 1 N–H and O–H groups in total. The second-order valence-electron chi connectivity index (χ2n) is 4.71. The summed E-state index contributed by atoms with van der Waals surface area (Å²) in [7, 11) is 0.